The summed E-state index contributed by atoms with van der Waals surface area (Å²) in [4.78, 5) is 20.5. The number of carbonyl (C=O) groups excluding carboxylic acids is 1. The minimum atomic E-state index is -0.445. The summed E-state index contributed by atoms with van der Waals surface area (Å²) in [6, 6.07) is 1.37. The molecule has 6 nitrogen and oxygen atoms in total. The smallest absolute Gasteiger partial charge is 0.240 e. The molecule has 1 unspecified atom stereocenters. The maximum absolute atomic E-state index is 11.5. The van der Waals surface area contributed by atoms with Gasteiger partial charge in [-0.3, -0.25) is 4.79 Å². The molecule has 0 radical (unpaired) electrons. The third-order valence-electron chi connectivity index (χ3n) is 3.09. The molecule has 21 heavy (non-hydrogen) atoms. The number of rotatable bonds is 8. The largest absolute Gasteiger partial charge is 0.370 e. The highest BCUT2D eigenvalue weighted by molar-refractivity contribution is 5.83. The maximum Gasteiger partial charge on any atom is 0.240 e. The van der Waals surface area contributed by atoms with E-state index in [1.54, 1.807) is 0 Å². The number of nitrogens with one attached hydrogen (secondary N) is 2. The second-order valence-corrected chi connectivity index (χ2v) is 5.85. The summed E-state index contributed by atoms with van der Waals surface area (Å²) >= 11 is 0. The van der Waals surface area contributed by atoms with Crippen molar-refractivity contribution in [2.75, 3.05) is 17.2 Å². The van der Waals surface area contributed by atoms with Gasteiger partial charge in [0.2, 0.25) is 5.91 Å². The average molecular weight is 293 g/mol. The number of aromatic nitrogens is 2. The molecule has 1 heterocycles. The Kier molecular flexibility index (Phi) is 6.39. The Hall–Kier alpha value is -1.85. The number of hydrogen-bond donors (Lipinski definition) is 3. The van der Waals surface area contributed by atoms with Crippen molar-refractivity contribution >= 4 is 17.5 Å². The predicted octanol–water partition coefficient (Wildman–Crippen LogP) is 2.34. The molecule has 6 heteroatoms. The Morgan fingerprint density at radius 1 is 1.24 bits per heavy atom. The zero-order valence-electron chi connectivity index (χ0n) is 13.6. The fourth-order valence-corrected chi connectivity index (χ4v) is 1.87. The van der Waals surface area contributed by atoms with E-state index in [1.165, 1.54) is 0 Å². The minimum absolute atomic E-state index is 0.0898. The van der Waals surface area contributed by atoms with Crippen LogP contribution in [0.15, 0.2) is 6.07 Å². The van der Waals surface area contributed by atoms with Crippen molar-refractivity contribution in [2.45, 2.75) is 53.0 Å². The fourth-order valence-electron chi connectivity index (χ4n) is 1.87. The van der Waals surface area contributed by atoms with Crippen LogP contribution in [0.5, 0.6) is 0 Å². The van der Waals surface area contributed by atoms with Gasteiger partial charge in [0.25, 0.3) is 0 Å². The Labute approximate surface area is 126 Å². The van der Waals surface area contributed by atoms with Gasteiger partial charge in [0.15, 0.2) is 0 Å². The van der Waals surface area contributed by atoms with Gasteiger partial charge in [-0.05, 0) is 12.3 Å². The quantitative estimate of drug-likeness (QED) is 0.684. The zero-order chi connectivity index (χ0) is 16.0. The summed E-state index contributed by atoms with van der Waals surface area (Å²) in [6.07, 6.45) is 1.01. The number of hydrogen-bond acceptors (Lipinski definition) is 5. The third-order valence-corrected chi connectivity index (χ3v) is 3.09. The van der Waals surface area contributed by atoms with Crippen LogP contribution in [0, 0.1) is 5.92 Å². The summed E-state index contributed by atoms with van der Waals surface area (Å²) in [5.74, 6) is 2.06. The first kappa shape index (κ1) is 17.2. The predicted molar refractivity (Wildman–Crippen MR) is 86.3 cm³/mol. The van der Waals surface area contributed by atoms with Crippen LogP contribution in [0.2, 0.25) is 0 Å². The van der Waals surface area contributed by atoms with Gasteiger partial charge < -0.3 is 16.4 Å². The van der Waals surface area contributed by atoms with Gasteiger partial charge in [-0.15, -0.1) is 0 Å². The van der Waals surface area contributed by atoms with E-state index in [1.807, 2.05) is 33.8 Å². The second kappa shape index (κ2) is 7.81. The first-order valence-electron chi connectivity index (χ1n) is 7.53. The molecule has 0 aromatic carbocycles. The first-order valence-corrected chi connectivity index (χ1v) is 7.53. The standard InChI is InChI=1S/C15H27N5O/c1-6-7-17-11-8-12(20-15(19-11)10(4)5)18-13(9(2)3)14(16)21/h8-10,13H,6-7H2,1-5H3,(H2,16,21)(H2,17,18,19,20). The molecular weight excluding hydrogens is 266 g/mol. The number of nitrogens with zero attached hydrogens (tertiary/aromatic N) is 2. The summed E-state index contributed by atoms with van der Waals surface area (Å²) in [5, 5.41) is 6.38. The first-order chi connectivity index (χ1) is 9.85. The lowest BCUT2D eigenvalue weighted by molar-refractivity contribution is -0.119. The molecule has 0 aliphatic carbocycles. The molecule has 0 spiro atoms. The molecule has 0 saturated carbocycles. The number of anilines is 2. The van der Waals surface area contributed by atoms with Crippen molar-refractivity contribution in [3.63, 3.8) is 0 Å². The lowest BCUT2D eigenvalue weighted by Crippen LogP contribution is -2.39. The van der Waals surface area contributed by atoms with Crippen molar-refractivity contribution in [1.82, 2.24) is 9.97 Å². The van der Waals surface area contributed by atoms with Crippen LogP contribution in [0.3, 0.4) is 0 Å². The number of amides is 1. The molecule has 0 fully saturated rings. The van der Waals surface area contributed by atoms with Gasteiger partial charge in [0.1, 0.15) is 23.5 Å². The van der Waals surface area contributed by atoms with E-state index >= 15 is 0 Å². The van der Waals surface area contributed by atoms with Crippen molar-refractivity contribution in [3.8, 4) is 0 Å². The van der Waals surface area contributed by atoms with Crippen molar-refractivity contribution in [1.29, 1.82) is 0 Å². The van der Waals surface area contributed by atoms with Crippen LogP contribution in [0.25, 0.3) is 0 Å². The van der Waals surface area contributed by atoms with E-state index in [-0.39, 0.29) is 17.7 Å². The summed E-state index contributed by atoms with van der Waals surface area (Å²) < 4.78 is 0. The zero-order valence-corrected chi connectivity index (χ0v) is 13.6. The van der Waals surface area contributed by atoms with E-state index in [9.17, 15) is 4.79 Å². The van der Waals surface area contributed by atoms with Gasteiger partial charge in [0, 0.05) is 18.5 Å². The highest BCUT2D eigenvalue weighted by Crippen LogP contribution is 2.19. The highest BCUT2D eigenvalue weighted by atomic mass is 16.1. The van der Waals surface area contributed by atoms with Crippen LogP contribution >= 0.6 is 0 Å². The van der Waals surface area contributed by atoms with E-state index in [0.29, 0.717) is 5.82 Å². The highest BCUT2D eigenvalue weighted by Gasteiger charge is 2.20. The number of primary amides is 1. The molecule has 0 aliphatic heterocycles. The van der Waals surface area contributed by atoms with Gasteiger partial charge in [-0.1, -0.05) is 34.6 Å². The van der Waals surface area contributed by atoms with Crippen LogP contribution in [0.1, 0.15) is 52.8 Å². The average Bonchev–Trinajstić information content (AvgIpc) is 2.41. The molecule has 1 atom stereocenters. The van der Waals surface area contributed by atoms with Crippen LogP contribution in [0.4, 0.5) is 11.6 Å². The molecule has 4 N–H and O–H groups in total. The number of carbonyl (C=O) groups is 1. The SMILES string of the molecule is CCCNc1cc(NC(C(N)=O)C(C)C)nc(C(C)C)n1. The van der Waals surface area contributed by atoms with Gasteiger partial charge in [0.05, 0.1) is 0 Å². The minimum Gasteiger partial charge on any atom is -0.370 e. The lowest BCUT2D eigenvalue weighted by atomic mass is 10.0. The van der Waals surface area contributed by atoms with Crippen LogP contribution in [-0.2, 0) is 4.79 Å². The van der Waals surface area contributed by atoms with Crippen molar-refractivity contribution in [3.05, 3.63) is 11.9 Å². The van der Waals surface area contributed by atoms with Crippen LogP contribution < -0.4 is 16.4 Å². The Balaban J connectivity index is 3.03. The van der Waals surface area contributed by atoms with Gasteiger partial charge in [-0.2, -0.15) is 0 Å². The monoisotopic (exact) mass is 293 g/mol. The molecule has 1 aromatic rings. The van der Waals surface area contributed by atoms with E-state index in [4.69, 9.17) is 5.73 Å². The number of nitrogens with two attached hydrogens (primary N) is 1. The fraction of sp³-hybridized carbons (Fsp3) is 0.667. The molecule has 1 amide bonds. The molecular formula is C15H27N5O. The van der Waals surface area contributed by atoms with Gasteiger partial charge >= 0.3 is 0 Å². The summed E-state index contributed by atoms with van der Waals surface area (Å²) in [7, 11) is 0. The normalized spacial score (nSPS) is 12.5. The molecule has 0 bridgehead atoms. The van der Waals surface area contributed by atoms with Crippen molar-refractivity contribution in [2.24, 2.45) is 11.7 Å². The van der Waals surface area contributed by atoms with Crippen molar-refractivity contribution < 1.29 is 4.79 Å². The Morgan fingerprint density at radius 2 is 1.86 bits per heavy atom. The van der Waals surface area contributed by atoms with E-state index in [2.05, 4.69) is 27.5 Å². The lowest BCUT2D eigenvalue weighted by Gasteiger charge is -2.20. The van der Waals surface area contributed by atoms with E-state index < -0.39 is 6.04 Å². The maximum atomic E-state index is 11.5. The third kappa shape index (κ3) is 5.21. The molecule has 0 aliphatic rings. The molecule has 1 rings (SSSR count). The molecule has 1 aromatic heterocycles. The summed E-state index contributed by atoms with van der Waals surface area (Å²) in [6.45, 7) is 10.9. The van der Waals surface area contributed by atoms with Gasteiger partial charge in [-0.25, -0.2) is 9.97 Å². The molecule has 118 valence electrons. The van der Waals surface area contributed by atoms with E-state index in [0.717, 1.165) is 24.6 Å². The van der Waals surface area contributed by atoms with Crippen LogP contribution in [-0.4, -0.2) is 28.5 Å². The topological polar surface area (TPSA) is 92.9 Å². The summed E-state index contributed by atoms with van der Waals surface area (Å²) in [5.41, 5.74) is 5.44. The molecule has 0 saturated heterocycles. The Bertz CT molecular complexity index is 473. The second-order valence-electron chi connectivity index (χ2n) is 5.85. The Morgan fingerprint density at radius 3 is 2.33 bits per heavy atom.